The van der Waals surface area contributed by atoms with Crippen LogP contribution in [-0.2, 0) is 26.2 Å². The van der Waals surface area contributed by atoms with Gasteiger partial charge in [0.05, 0.1) is 30.5 Å². The van der Waals surface area contributed by atoms with E-state index in [9.17, 15) is 0 Å². The SMILES string of the molecule is CC.CC(C)N1CCn2cncc2C1.COc1cccc(-c2cc3n(n2)CCCN(C)C3)n1. The topological polar surface area (TPSA) is 64.2 Å². The average molecular weight is 454 g/mol. The van der Waals surface area contributed by atoms with Crippen LogP contribution in [0.5, 0.6) is 5.88 Å². The van der Waals surface area contributed by atoms with Crippen molar-refractivity contribution in [3.8, 4) is 17.3 Å². The second-order valence-corrected chi connectivity index (χ2v) is 8.54. The summed E-state index contributed by atoms with van der Waals surface area (Å²) in [6.45, 7) is 14.8. The van der Waals surface area contributed by atoms with Crippen LogP contribution in [-0.4, -0.2) is 67.4 Å². The number of aryl methyl sites for hydroxylation is 1. The Bertz CT molecular complexity index is 994. The molecule has 3 aromatic rings. The van der Waals surface area contributed by atoms with Crippen molar-refractivity contribution in [2.45, 2.75) is 66.3 Å². The average Bonchev–Trinajstić information content (AvgIpc) is 3.43. The molecule has 8 nitrogen and oxygen atoms in total. The standard InChI is InChI=1S/C14H18N4O.C9H15N3.C2H6/c1-17-7-4-8-18-11(10-17)9-13(16-18)12-5-3-6-14(15-12)19-2;1-8(2)11-3-4-12-7-10-5-9(12)6-11;1-2/h3,5-6,9H,4,7-8,10H2,1-2H3;5,7-8H,3-4,6H2,1-2H3;1-2H3. The minimum atomic E-state index is 0.623. The molecule has 0 saturated heterocycles. The molecule has 0 fully saturated rings. The summed E-state index contributed by atoms with van der Waals surface area (Å²) >= 11 is 0. The summed E-state index contributed by atoms with van der Waals surface area (Å²) < 4.78 is 9.49. The van der Waals surface area contributed by atoms with Gasteiger partial charge in [-0.15, -0.1) is 0 Å². The number of fused-ring (bicyclic) bond motifs is 2. The zero-order chi connectivity index (χ0) is 23.8. The number of nitrogens with zero attached hydrogens (tertiary/aromatic N) is 7. The Hall–Kier alpha value is -2.71. The molecule has 33 heavy (non-hydrogen) atoms. The van der Waals surface area contributed by atoms with Gasteiger partial charge >= 0.3 is 0 Å². The van der Waals surface area contributed by atoms with E-state index in [-0.39, 0.29) is 0 Å². The zero-order valence-corrected chi connectivity index (χ0v) is 21.0. The molecule has 180 valence electrons. The van der Waals surface area contributed by atoms with E-state index >= 15 is 0 Å². The Morgan fingerprint density at radius 3 is 2.55 bits per heavy atom. The summed E-state index contributed by atoms with van der Waals surface area (Å²) in [7, 11) is 3.77. The molecule has 0 aliphatic carbocycles. The van der Waals surface area contributed by atoms with Crippen molar-refractivity contribution in [3.05, 3.63) is 48.2 Å². The van der Waals surface area contributed by atoms with Crippen LogP contribution in [0.2, 0.25) is 0 Å². The van der Waals surface area contributed by atoms with Crippen molar-refractivity contribution < 1.29 is 4.74 Å². The molecule has 2 aliphatic rings. The minimum Gasteiger partial charge on any atom is -0.481 e. The number of ether oxygens (including phenoxy) is 1. The second kappa shape index (κ2) is 12.0. The maximum absolute atomic E-state index is 5.16. The molecule has 0 radical (unpaired) electrons. The molecule has 0 atom stereocenters. The molecule has 0 saturated carbocycles. The molecule has 0 aromatic carbocycles. The Morgan fingerprint density at radius 2 is 1.79 bits per heavy atom. The van der Waals surface area contributed by atoms with E-state index in [0.717, 1.165) is 57.1 Å². The van der Waals surface area contributed by atoms with Crippen LogP contribution >= 0.6 is 0 Å². The molecule has 0 bridgehead atoms. The lowest BCUT2D eigenvalue weighted by molar-refractivity contribution is 0.177. The van der Waals surface area contributed by atoms with Gasteiger partial charge in [-0.2, -0.15) is 5.10 Å². The quantitative estimate of drug-likeness (QED) is 0.599. The van der Waals surface area contributed by atoms with Crippen molar-refractivity contribution in [3.63, 3.8) is 0 Å². The first-order valence-corrected chi connectivity index (χ1v) is 12.0. The Kier molecular flexibility index (Phi) is 9.03. The van der Waals surface area contributed by atoms with Gasteiger partial charge in [0.25, 0.3) is 0 Å². The summed E-state index contributed by atoms with van der Waals surface area (Å²) in [4.78, 5) is 13.4. The number of hydrogen-bond acceptors (Lipinski definition) is 6. The summed E-state index contributed by atoms with van der Waals surface area (Å²) in [5.41, 5.74) is 4.38. The summed E-state index contributed by atoms with van der Waals surface area (Å²) in [6.07, 6.45) is 5.03. The van der Waals surface area contributed by atoms with Crippen LogP contribution in [0.15, 0.2) is 36.8 Å². The van der Waals surface area contributed by atoms with Crippen LogP contribution in [0.25, 0.3) is 11.4 Å². The predicted molar refractivity (Wildman–Crippen MR) is 132 cm³/mol. The molecule has 8 heteroatoms. The first kappa shape index (κ1) is 24.9. The van der Waals surface area contributed by atoms with Gasteiger partial charge in [-0.1, -0.05) is 19.9 Å². The smallest absolute Gasteiger partial charge is 0.213 e. The normalized spacial score (nSPS) is 16.0. The van der Waals surface area contributed by atoms with Crippen LogP contribution in [0.4, 0.5) is 0 Å². The lowest BCUT2D eigenvalue weighted by atomic mass is 10.2. The third-order valence-corrected chi connectivity index (χ3v) is 5.92. The maximum atomic E-state index is 5.16. The molecule has 2 aliphatic heterocycles. The van der Waals surface area contributed by atoms with Crippen molar-refractivity contribution in [2.75, 3.05) is 27.2 Å². The van der Waals surface area contributed by atoms with E-state index in [0.29, 0.717) is 11.9 Å². The molecule has 0 N–H and O–H groups in total. The predicted octanol–water partition coefficient (Wildman–Crippen LogP) is 3.92. The lowest BCUT2D eigenvalue weighted by Crippen LogP contribution is -2.37. The fourth-order valence-electron chi connectivity index (χ4n) is 4.06. The van der Waals surface area contributed by atoms with E-state index in [4.69, 9.17) is 4.74 Å². The Morgan fingerprint density at radius 1 is 0.970 bits per heavy atom. The molecule has 5 heterocycles. The van der Waals surface area contributed by atoms with Crippen molar-refractivity contribution in [2.24, 2.45) is 0 Å². The largest absolute Gasteiger partial charge is 0.481 e. The van der Waals surface area contributed by atoms with E-state index in [2.05, 4.69) is 61.1 Å². The monoisotopic (exact) mass is 453 g/mol. The minimum absolute atomic E-state index is 0.623. The van der Waals surface area contributed by atoms with E-state index in [1.165, 1.54) is 11.4 Å². The number of aromatic nitrogens is 5. The Balaban J connectivity index is 0.000000188. The lowest BCUT2D eigenvalue weighted by Gasteiger charge is -2.31. The van der Waals surface area contributed by atoms with Gasteiger partial charge in [0.15, 0.2) is 0 Å². The van der Waals surface area contributed by atoms with Crippen LogP contribution in [0.3, 0.4) is 0 Å². The first-order chi connectivity index (χ1) is 16.0. The van der Waals surface area contributed by atoms with Gasteiger partial charge in [0, 0.05) is 57.6 Å². The van der Waals surface area contributed by atoms with Gasteiger partial charge in [-0.3, -0.25) is 9.58 Å². The van der Waals surface area contributed by atoms with E-state index in [1.54, 1.807) is 7.11 Å². The molecular weight excluding hydrogens is 414 g/mol. The Labute approximate surface area is 198 Å². The summed E-state index contributed by atoms with van der Waals surface area (Å²) in [6, 6.07) is 8.53. The third kappa shape index (κ3) is 6.42. The molecule has 0 amide bonds. The molecule has 3 aromatic heterocycles. The fourth-order valence-corrected chi connectivity index (χ4v) is 4.06. The van der Waals surface area contributed by atoms with E-state index in [1.807, 2.05) is 44.6 Å². The van der Waals surface area contributed by atoms with Gasteiger partial charge in [0.2, 0.25) is 5.88 Å². The zero-order valence-electron chi connectivity index (χ0n) is 21.0. The number of methoxy groups -OCH3 is 1. The highest BCUT2D eigenvalue weighted by atomic mass is 16.5. The third-order valence-electron chi connectivity index (χ3n) is 5.92. The highest BCUT2D eigenvalue weighted by molar-refractivity contribution is 5.55. The summed E-state index contributed by atoms with van der Waals surface area (Å²) in [5, 5.41) is 4.66. The number of rotatable bonds is 3. The van der Waals surface area contributed by atoms with Crippen molar-refractivity contribution in [1.82, 2.24) is 34.1 Å². The molecule has 0 spiro atoms. The summed E-state index contributed by atoms with van der Waals surface area (Å²) in [5.74, 6) is 0.623. The maximum Gasteiger partial charge on any atom is 0.213 e. The second-order valence-electron chi connectivity index (χ2n) is 8.54. The van der Waals surface area contributed by atoms with Crippen LogP contribution < -0.4 is 4.74 Å². The number of hydrogen-bond donors (Lipinski definition) is 0. The van der Waals surface area contributed by atoms with Crippen molar-refractivity contribution in [1.29, 1.82) is 0 Å². The fraction of sp³-hybridized carbons (Fsp3) is 0.560. The van der Waals surface area contributed by atoms with Crippen LogP contribution in [0, 0.1) is 0 Å². The van der Waals surface area contributed by atoms with Gasteiger partial charge in [-0.25, -0.2) is 9.97 Å². The first-order valence-electron chi connectivity index (χ1n) is 12.0. The van der Waals surface area contributed by atoms with Gasteiger partial charge in [0.1, 0.15) is 5.69 Å². The van der Waals surface area contributed by atoms with Crippen LogP contribution in [0.1, 0.15) is 45.5 Å². The van der Waals surface area contributed by atoms with E-state index < -0.39 is 0 Å². The van der Waals surface area contributed by atoms with Crippen molar-refractivity contribution >= 4 is 0 Å². The molecule has 5 rings (SSSR count). The highest BCUT2D eigenvalue weighted by Gasteiger charge is 2.17. The van der Waals surface area contributed by atoms with Gasteiger partial charge in [-0.05, 0) is 39.4 Å². The number of imidazole rings is 1. The molecule has 0 unspecified atom stereocenters. The number of pyridine rings is 1. The highest BCUT2D eigenvalue weighted by Crippen LogP contribution is 2.22. The van der Waals surface area contributed by atoms with Gasteiger partial charge < -0.3 is 14.2 Å². The molecular formula is C25H39N7O.